The normalized spacial score (nSPS) is 15.6. The van der Waals surface area contributed by atoms with Crippen molar-refractivity contribution in [3.63, 3.8) is 0 Å². The lowest BCUT2D eigenvalue weighted by Crippen LogP contribution is -2.48. The zero-order chi connectivity index (χ0) is 18.6. The number of nitrogens with one attached hydrogen (secondary N) is 1. The maximum absolute atomic E-state index is 12.3. The molecule has 1 heterocycles. The fourth-order valence-corrected chi connectivity index (χ4v) is 2.84. The first-order chi connectivity index (χ1) is 11.7. The van der Waals surface area contributed by atoms with Crippen LogP contribution in [0.2, 0.25) is 0 Å². The van der Waals surface area contributed by atoms with Crippen LogP contribution in [-0.2, 0) is 14.9 Å². The summed E-state index contributed by atoms with van der Waals surface area (Å²) in [6.45, 7) is 7.30. The summed E-state index contributed by atoms with van der Waals surface area (Å²) in [6, 6.07) is 7.06. The van der Waals surface area contributed by atoms with Crippen LogP contribution < -0.4 is 5.32 Å². The summed E-state index contributed by atoms with van der Waals surface area (Å²) < 4.78 is 4.68. The number of hydrogen-bond donors (Lipinski definition) is 1. The van der Waals surface area contributed by atoms with Crippen LogP contribution in [-0.4, -0.2) is 48.9 Å². The third kappa shape index (κ3) is 4.81. The molecule has 1 fully saturated rings. The number of carbonyl (C=O) groups excluding carboxylic acids is 3. The number of methoxy groups -OCH3 is 1. The van der Waals surface area contributed by atoms with Crippen molar-refractivity contribution in [3.05, 3.63) is 35.4 Å². The number of carbonyl (C=O) groups is 3. The largest absolute Gasteiger partial charge is 0.453 e. The summed E-state index contributed by atoms with van der Waals surface area (Å²) in [5.74, 6) is -1.13. The molecule has 6 nitrogen and oxygen atoms in total. The van der Waals surface area contributed by atoms with Gasteiger partial charge in [-0.25, -0.2) is 4.79 Å². The summed E-state index contributed by atoms with van der Waals surface area (Å²) in [6.07, 6.45) is 0.855. The fraction of sp³-hybridized carbons (Fsp3) is 0.526. The first-order valence-corrected chi connectivity index (χ1v) is 8.51. The lowest BCUT2D eigenvalue weighted by molar-refractivity contribution is -0.117. The van der Waals surface area contributed by atoms with Crippen molar-refractivity contribution in [2.24, 2.45) is 0 Å². The standard InChI is InChI=1S/C19H26N2O4/c1-19(2,3)14-7-5-13(6-8-14)16(22)17(23)20-15-9-11-21(12-10-15)18(24)25-4/h5-8,15H,9-12H2,1-4H3,(H,20,23). The van der Waals surface area contributed by atoms with Crippen LogP contribution in [0.25, 0.3) is 0 Å². The lowest BCUT2D eigenvalue weighted by atomic mass is 9.86. The van der Waals surface area contributed by atoms with Crippen LogP contribution in [0.3, 0.4) is 0 Å². The molecule has 6 heteroatoms. The Bertz CT molecular complexity index is 638. The third-order valence-electron chi connectivity index (χ3n) is 4.48. The highest BCUT2D eigenvalue weighted by Crippen LogP contribution is 2.22. The molecule has 0 bridgehead atoms. The van der Waals surface area contributed by atoms with E-state index >= 15 is 0 Å². The van der Waals surface area contributed by atoms with Crippen LogP contribution in [0.5, 0.6) is 0 Å². The number of amides is 2. The number of ketones is 1. The number of nitrogens with zero attached hydrogens (tertiary/aromatic N) is 1. The van der Waals surface area contributed by atoms with Gasteiger partial charge in [-0.15, -0.1) is 0 Å². The highest BCUT2D eigenvalue weighted by molar-refractivity contribution is 6.42. The summed E-state index contributed by atoms with van der Waals surface area (Å²) in [4.78, 5) is 37.5. The molecule has 0 atom stereocenters. The number of benzene rings is 1. The second-order valence-corrected chi connectivity index (χ2v) is 7.36. The first-order valence-electron chi connectivity index (χ1n) is 8.51. The van der Waals surface area contributed by atoms with Gasteiger partial charge in [0.2, 0.25) is 5.78 Å². The van der Waals surface area contributed by atoms with E-state index in [-0.39, 0.29) is 17.6 Å². The zero-order valence-corrected chi connectivity index (χ0v) is 15.3. The number of Topliss-reactive ketones (excluding diaryl/α,β-unsaturated/α-hetero) is 1. The zero-order valence-electron chi connectivity index (χ0n) is 15.3. The summed E-state index contributed by atoms with van der Waals surface area (Å²) >= 11 is 0. The third-order valence-corrected chi connectivity index (χ3v) is 4.48. The first kappa shape index (κ1) is 19.0. The molecular weight excluding hydrogens is 320 g/mol. The van der Waals surface area contributed by atoms with Crippen LogP contribution in [0.15, 0.2) is 24.3 Å². The Kier molecular flexibility index (Phi) is 5.82. The Hall–Kier alpha value is -2.37. The highest BCUT2D eigenvalue weighted by atomic mass is 16.5. The molecule has 0 saturated carbocycles. The molecule has 1 aromatic rings. The quantitative estimate of drug-likeness (QED) is 0.674. The monoisotopic (exact) mass is 346 g/mol. The predicted molar refractivity (Wildman–Crippen MR) is 94.6 cm³/mol. The Labute approximate surface area is 148 Å². The van der Waals surface area contributed by atoms with Gasteiger partial charge in [-0.3, -0.25) is 9.59 Å². The van der Waals surface area contributed by atoms with Gasteiger partial charge in [0.15, 0.2) is 0 Å². The van der Waals surface area contributed by atoms with Crippen LogP contribution in [0.1, 0.15) is 49.5 Å². The summed E-state index contributed by atoms with van der Waals surface area (Å²) in [5, 5.41) is 2.77. The van der Waals surface area contributed by atoms with Gasteiger partial charge in [0.1, 0.15) is 0 Å². The van der Waals surface area contributed by atoms with Gasteiger partial charge in [0.05, 0.1) is 7.11 Å². The van der Waals surface area contributed by atoms with Gasteiger partial charge in [-0.2, -0.15) is 0 Å². The van der Waals surface area contributed by atoms with Crippen molar-refractivity contribution < 1.29 is 19.1 Å². The van der Waals surface area contributed by atoms with Crippen LogP contribution in [0.4, 0.5) is 4.79 Å². The van der Waals surface area contributed by atoms with E-state index in [2.05, 4.69) is 30.8 Å². The van der Waals surface area contributed by atoms with E-state index in [1.165, 1.54) is 7.11 Å². The van der Waals surface area contributed by atoms with Gasteiger partial charge >= 0.3 is 6.09 Å². The molecule has 1 aliphatic rings. The van der Waals surface area contributed by atoms with E-state index in [0.29, 0.717) is 31.5 Å². The molecule has 1 saturated heterocycles. The molecule has 1 aromatic carbocycles. The number of hydrogen-bond acceptors (Lipinski definition) is 4. The Morgan fingerprint density at radius 3 is 2.12 bits per heavy atom. The average Bonchev–Trinajstić information content (AvgIpc) is 2.60. The van der Waals surface area contributed by atoms with Crippen molar-refractivity contribution in [2.45, 2.75) is 45.1 Å². The average molecular weight is 346 g/mol. The summed E-state index contributed by atoms with van der Waals surface area (Å²) in [7, 11) is 1.35. The molecule has 1 N–H and O–H groups in total. The maximum atomic E-state index is 12.3. The van der Waals surface area contributed by atoms with E-state index in [9.17, 15) is 14.4 Å². The van der Waals surface area contributed by atoms with E-state index in [0.717, 1.165) is 5.56 Å². The smallest absolute Gasteiger partial charge is 0.409 e. The van der Waals surface area contributed by atoms with Crippen LogP contribution in [0, 0.1) is 0 Å². The molecule has 0 spiro atoms. The second-order valence-electron chi connectivity index (χ2n) is 7.36. The van der Waals surface area contributed by atoms with E-state index in [4.69, 9.17) is 0 Å². The van der Waals surface area contributed by atoms with Crippen molar-refractivity contribution in [1.82, 2.24) is 10.2 Å². The molecule has 25 heavy (non-hydrogen) atoms. The molecular formula is C19H26N2O4. The van der Waals surface area contributed by atoms with E-state index in [1.807, 2.05) is 12.1 Å². The Balaban J connectivity index is 1.91. The lowest BCUT2D eigenvalue weighted by Gasteiger charge is -2.31. The molecule has 0 radical (unpaired) electrons. The summed E-state index contributed by atoms with van der Waals surface area (Å²) in [5.41, 5.74) is 1.49. The van der Waals surface area contributed by atoms with Crippen molar-refractivity contribution in [1.29, 1.82) is 0 Å². The van der Waals surface area contributed by atoms with Crippen molar-refractivity contribution in [3.8, 4) is 0 Å². The highest BCUT2D eigenvalue weighted by Gasteiger charge is 2.26. The van der Waals surface area contributed by atoms with Crippen molar-refractivity contribution >= 4 is 17.8 Å². The maximum Gasteiger partial charge on any atom is 0.409 e. The van der Waals surface area contributed by atoms with Crippen molar-refractivity contribution in [2.75, 3.05) is 20.2 Å². The molecule has 2 rings (SSSR count). The van der Waals surface area contributed by atoms with Gasteiger partial charge < -0.3 is 15.0 Å². The Morgan fingerprint density at radius 2 is 1.64 bits per heavy atom. The van der Waals surface area contributed by atoms with Gasteiger partial charge in [0.25, 0.3) is 5.91 Å². The number of piperidine rings is 1. The van der Waals surface area contributed by atoms with Gasteiger partial charge in [-0.05, 0) is 23.8 Å². The molecule has 0 unspecified atom stereocenters. The van der Waals surface area contributed by atoms with Gasteiger partial charge in [0, 0.05) is 24.7 Å². The van der Waals surface area contributed by atoms with E-state index in [1.54, 1.807) is 17.0 Å². The number of ether oxygens (including phenoxy) is 1. The predicted octanol–water partition coefficient (Wildman–Crippen LogP) is 2.51. The number of likely N-dealkylation sites (tertiary alicyclic amines) is 1. The van der Waals surface area contributed by atoms with Crippen LogP contribution >= 0.6 is 0 Å². The minimum Gasteiger partial charge on any atom is -0.453 e. The minimum absolute atomic E-state index is 0.00253. The molecule has 136 valence electrons. The number of rotatable bonds is 3. The second kappa shape index (κ2) is 7.68. The molecule has 0 aromatic heterocycles. The minimum atomic E-state index is -0.597. The van der Waals surface area contributed by atoms with E-state index < -0.39 is 11.7 Å². The molecule has 2 amide bonds. The topological polar surface area (TPSA) is 75.7 Å². The van der Waals surface area contributed by atoms with Gasteiger partial charge in [-0.1, -0.05) is 45.0 Å². The SMILES string of the molecule is COC(=O)N1CCC(NC(=O)C(=O)c2ccc(C(C)(C)C)cc2)CC1. The molecule has 1 aliphatic heterocycles. The fourth-order valence-electron chi connectivity index (χ4n) is 2.84. The Morgan fingerprint density at radius 1 is 1.08 bits per heavy atom. The molecule has 0 aliphatic carbocycles.